The van der Waals surface area contributed by atoms with Crippen LogP contribution < -0.4 is 5.73 Å². The van der Waals surface area contributed by atoms with E-state index in [-0.39, 0.29) is 6.04 Å². The van der Waals surface area contributed by atoms with Crippen molar-refractivity contribution in [3.63, 3.8) is 0 Å². The van der Waals surface area contributed by atoms with E-state index in [2.05, 4.69) is 33.5 Å². The van der Waals surface area contributed by atoms with E-state index in [9.17, 15) is 0 Å². The first-order valence-corrected chi connectivity index (χ1v) is 6.13. The second kappa shape index (κ2) is 3.95. The van der Waals surface area contributed by atoms with E-state index >= 15 is 0 Å². The predicted molar refractivity (Wildman–Crippen MR) is 60.9 cm³/mol. The van der Waals surface area contributed by atoms with Gasteiger partial charge in [0.05, 0.1) is 9.83 Å². The SMILES string of the molecule is NC(C1=CCCC1)c1csc(Br)c1. The van der Waals surface area contributed by atoms with Gasteiger partial charge in [-0.05, 0) is 52.2 Å². The lowest BCUT2D eigenvalue weighted by atomic mass is 10.0. The Kier molecular flexibility index (Phi) is 2.86. The molecule has 1 unspecified atom stereocenters. The van der Waals surface area contributed by atoms with Gasteiger partial charge in [0, 0.05) is 0 Å². The number of thiophene rings is 1. The highest BCUT2D eigenvalue weighted by Gasteiger charge is 2.15. The number of hydrogen-bond donors (Lipinski definition) is 1. The molecule has 0 saturated heterocycles. The minimum atomic E-state index is 0.130. The molecule has 2 rings (SSSR count). The van der Waals surface area contributed by atoms with Gasteiger partial charge in [0.25, 0.3) is 0 Å². The van der Waals surface area contributed by atoms with Gasteiger partial charge < -0.3 is 5.73 Å². The fraction of sp³-hybridized carbons (Fsp3) is 0.400. The number of hydrogen-bond acceptors (Lipinski definition) is 2. The summed E-state index contributed by atoms with van der Waals surface area (Å²) in [4.78, 5) is 0. The molecule has 1 aromatic rings. The van der Waals surface area contributed by atoms with Gasteiger partial charge in [-0.15, -0.1) is 11.3 Å². The summed E-state index contributed by atoms with van der Waals surface area (Å²) in [7, 11) is 0. The summed E-state index contributed by atoms with van der Waals surface area (Å²) in [5, 5.41) is 2.13. The fourth-order valence-corrected chi connectivity index (χ4v) is 2.89. The smallest absolute Gasteiger partial charge is 0.0701 e. The molecule has 1 nitrogen and oxygen atoms in total. The lowest BCUT2D eigenvalue weighted by molar-refractivity contribution is 0.787. The average Bonchev–Trinajstić information content (AvgIpc) is 2.72. The molecule has 3 heteroatoms. The maximum atomic E-state index is 6.13. The van der Waals surface area contributed by atoms with Crippen molar-refractivity contribution in [2.24, 2.45) is 5.73 Å². The maximum absolute atomic E-state index is 6.13. The first-order valence-electron chi connectivity index (χ1n) is 4.46. The third-order valence-corrected chi connectivity index (χ3v) is 3.95. The summed E-state index contributed by atoms with van der Waals surface area (Å²) in [6.07, 6.45) is 5.94. The fourth-order valence-electron chi connectivity index (χ4n) is 1.68. The van der Waals surface area contributed by atoms with E-state index in [1.165, 1.54) is 30.4 Å². The molecule has 0 saturated carbocycles. The van der Waals surface area contributed by atoms with Gasteiger partial charge in [-0.3, -0.25) is 0 Å². The van der Waals surface area contributed by atoms with Crippen molar-refractivity contribution in [2.45, 2.75) is 25.3 Å². The average molecular weight is 258 g/mol. The minimum absolute atomic E-state index is 0.130. The zero-order chi connectivity index (χ0) is 9.26. The van der Waals surface area contributed by atoms with Crippen LogP contribution >= 0.6 is 27.3 Å². The molecule has 70 valence electrons. The Labute approximate surface area is 90.8 Å². The van der Waals surface area contributed by atoms with Crippen molar-refractivity contribution < 1.29 is 0 Å². The summed E-state index contributed by atoms with van der Waals surface area (Å²) in [5.41, 5.74) is 8.78. The van der Waals surface area contributed by atoms with Crippen molar-refractivity contribution in [1.82, 2.24) is 0 Å². The third-order valence-electron chi connectivity index (χ3n) is 2.42. The van der Waals surface area contributed by atoms with E-state index in [1.54, 1.807) is 11.3 Å². The molecule has 0 bridgehead atoms. The molecule has 1 aliphatic rings. The molecule has 0 fully saturated rings. The van der Waals surface area contributed by atoms with Crippen LogP contribution in [0.5, 0.6) is 0 Å². The van der Waals surface area contributed by atoms with Gasteiger partial charge in [-0.25, -0.2) is 0 Å². The minimum Gasteiger partial charge on any atom is -0.321 e. The molecule has 0 aromatic carbocycles. The second-order valence-corrected chi connectivity index (χ2v) is 5.62. The molecular weight excluding hydrogens is 246 g/mol. The normalized spacial score (nSPS) is 18.8. The van der Waals surface area contributed by atoms with Crippen LogP contribution in [0.2, 0.25) is 0 Å². The Morgan fingerprint density at radius 2 is 2.38 bits per heavy atom. The Bertz CT molecular complexity index is 329. The zero-order valence-corrected chi connectivity index (χ0v) is 9.70. The third kappa shape index (κ3) is 2.03. The first-order chi connectivity index (χ1) is 6.27. The standard InChI is InChI=1S/C10H12BrNS/c11-9-5-8(6-13-9)10(12)7-3-1-2-4-7/h3,5-6,10H,1-2,4,12H2. The van der Waals surface area contributed by atoms with Crippen LogP contribution in [0.15, 0.2) is 26.9 Å². The van der Waals surface area contributed by atoms with E-state index in [4.69, 9.17) is 5.73 Å². The maximum Gasteiger partial charge on any atom is 0.0701 e. The van der Waals surface area contributed by atoms with Crippen LogP contribution in [0.3, 0.4) is 0 Å². The molecule has 13 heavy (non-hydrogen) atoms. The van der Waals surface area contributed by atoms with Gasteiger partial charge in [0.15, 0.2) is 0 Å². The molecule has 1 aromatic heterocycles. The van der Waals surface area contributed by atoms with E-state index < -0.39 is 0 Å². The van der Waals surface area contributed by atoms with Crippen molar-refractivity contribution >= 4 is 27.3 Å². The molecule has 1 heterocycles. The number of nitrogens with two attached hydrogens (primary N) is 1. The molecule has 0 spiro atoms. The van der Waals surface area contributed by atoms with Crippen LogP contribution in [-0.2, 0) is 0 Å². The monoisotopic (exact) mass is 257 g/mol. The van der Waals surface area contributed by atoms with Gasteiger partial charge in [-0.2, -0.15) is 0 Å². The van der Waals surface area contributed by atoms with Crippen molar-refractivity contribution in [2.75, 3.05) is 0 Å². The van der Waals surface area contributed by atoms with Crippen LogP contribution in [0.4, 0.5) is 0 Å². The number of allylic oxidation sites excluding steroid dienone is 1. The second-order valence-electron chi connectivity index (χ2n) is 3.33. The Hall–Kier alpha value is -0.120. The molecule has 0 aliphatic heterocycles. The molecule has 1 atom stereocenters. The van der Waals surface area contributed by atoms with Gasteiger partial charge in [0.2, 0.25) is 0 Å². The van der Waals surface area contributed by atoms with Crippen molar-refractivity contribution in [3.8, 4) is 0 Å². The first kappa shape index (κ1) is 9.44. The van der Waals surface area contributed by atoms with Crippen molar-refractivity contribution in [3.05, 3.63) is 32.4 Å². The molecule has 2 N–H and O–H groups in total. The van der Waals surface area contributed by atoms with E-state index in [0.29, 0.717) is 0 Å². The van der Waals surface area contributed by atoms with Crippen LogP contribution in [0.25, 0.3) is 0 Å². The zero-order valence-electron chi connectivity index (χ0n) is 7.29. The molecule has 1 aliphatic carbocycles. The summed E-state index contributed by atoms with van der Waals surface area (Å²) in [6.45, 7) is 0. The van der Waals surface area contributed by atoms with Crippen molar-refractivity contribution in [1.29, 1.82) is 0 Å². The summed E-state index contributed by atoms with van der Waals surface area (Å²) >= 11 is 5.15. The van der Waals surface area contributed by atoms with Gasteiger partial charge >= 0.3 is 0 Å². The lowest BCUT2D eigenvalue weighted by Gasteiger charge is -2.10. The highest BCUT2D eigenvalue weighted by Crippen LogP contribution is 2.32. The highest BCUT2D eigenvalue weighted by molar-refractivity contribution is 9.11. The molecular formula is C10H12BrNS. The lowest BCUT2D eigenvalue weighted by Crippen LogP contribution is -2.10. The van der Waals surface area contributed by atoms with Crippen LogP contribution in [-0.4, -0.2) is 0 Å². The number of halogens is 1. The number of rotatable bonds is 2. The summed E-state index contributed by atoms with van der Waals surface area (Å²) in [5.74, 6) is 0. The molecule has 0 amide bonds. The quantitative estimate of drug-likeness (QED) is 0.805. The molecule has 0 radical (unpaired) electrons. The van der Waals surface area contributed by atoms with Crippen LogP contribution in [0.1, 0.15) is 30.9 Å². The Morgan fingerprint density at radius 3 is 2.92 bits per heavy atom. The van der Waals surface area contributed by atoms with E-state index in [1.807, 2.05) is 0 Å². The Balaban J connectivity index is 2.16. The highest BCUT2D eigenvalue weighted by atomic mass is 79.9. The van der Waals surface area contributed by atoms with E-state index in [0.717, 1.165) is 3.79 Å². The van der Waals surface area contributed by atoms with Gasteiger partial charge in [0.1, 0.15) is 0 Å². The van der Waals surface area contributed by atoms with Gasteiger partial charge in [-0.1, -0.05) is 11.6 Å². The summed E-state index contributed by atoms with van der Waals surface area (Å²) in [6, 6.07) is 2.25. The predicted octanol–water partition coefficient (Wildman–Crippen LogP) is 3.62. The Morgan fingerprint density at radius 1 is 1.54 bits per heavy atom. The summed E-state index contributed by atoms with van der Waals surface area (Å²) < 4.78 is 1.16. The largest absolute Gasteiger partial charge is 0.321 e. The van der Waals surface area contributed by atoms with Crippen LogP contribution in [0, 0.1) is 0 Å². The topological polar surface area (TPSA) is 26.0 Å².